The van der Waals surface area contributed by atoms with E-state index < -0.39 is 0 Å². The average Bonchev–Trinajstić information content (AvgIpc) is 2.68. The Kier molecular flexibility index (Phi) is 13.4. The first-order chi connectivity index (χ1) is 15.5. The zero-order chi connectivity index (χ0) is 25.0. The SMILES string of the molecule is CCCC(CC1CC/C(CC(=O)CC(C)C)=C\C/C(C)=C/C(=O)C1)C(CC)C(=O)CC(C)=O. The third kappa shape index (κ3) is 11.7. The minimum absolute atomic E-state index is 0.00903. The summed E-state index contributed by atoms with van der Waals surface area (Å²) in [7, 11) is 0. The Hall–Kier alpha value is -1.84. The maximum Gasteiger partial charge on any atom is 0.155 e. The predicted octanol–water partition coefficient (Wildman–Crippen LogP) is 7.00. The van der Waals surface area contributed by atoms with Crippen molar-refractivity contribution in [1.82, 2.24) is 0 Å². The Bertz CT molecular complexity index is 741. The third-order valence-electron chi connectivity index (χ3n) is 6.68. The van der Waals surface area contributed by atoms with Crippen LogP contribution in [-0.2, 0) is 19.2 Å². The van der Waals surface area contributed by atoms with Crippen molar-refractivity contribution in [3.05, 3.63) is 23.3 Å². The lowest BCUT2D eigenvalue weighted by molar-refractivity contribution is -0.130. The summed E-state index contributed by atoms with van der Waals surface area (Å²) in [4.78, 5) is 49.5. The number of carbonyl (C=O) groups is 4. The lowest BCUT2D eigenvalue weighted by Gasteiger charge is -2.29. The molecule has 0 fully saturated rings. The van der Waals surface area contributed by atoms with Gasteiger partial charge < -0.3 is 0 Å². The highest BCUT2D eigenvalue weighted by Crippen LogP contribution is 2.34. The number of hydrogen-bond donors (Lipinski definition) is 0. The van der Waals surface area contributed by atoms with E-state index in [2.05, 4.69) is 26.8 Å². The van der Waals surface area contributed by atoms with E-state index >= 15 is 0 Å². The van der Waals surface area contributed by atoms with Gasteiger partial charge in [0.25, 0.3) is 0 Å². The molecule has 0 heterocycles. The van der Waals surface area contributed by atoms with Gasteiger partial charge in [-0.05, 0) is 69.8 Å². The van der Waals surface area contributed by atoms with Crippen LogP contribution in [0.1, 0.15) is 112 Å². The number of carbonyl (C=O) groups excluding carboxylic acids is 4. The standard InChI is InChI=1S/C29H46O4/c1-7-9-25(28(8-2)29(33)16-22(6)30)17-24-13-12-23(18-26(31)14-20(3)4)11-10-21(5)15-27(32)19-24/h11,15,20,24-25,28H,7-10,12-14,16-19H2,1-6H3/b21-15+,23-11+. The highest BCUT2D eigenvalue weighted by atomic mass is 16.1. The topological polar surface area (TPSA) is 68.3 Å². The van der Waals surface area contributed by atoms with Crippen LogP contribution in [0.3, 0.4) is 0 Å². The molecule has 4 heteroatoms. The van der Waals surface area contributed by atoms with Crippen molar-refractivity contribution >= 4 is 23.1 Å². The third-order valence-corrected chi connectivity index (χ3v) is 6.68. The zero-order valence-electron chi connectivity index (χ0n) is 21.9. The summed E-state index contributed by atoms with van der Waals surface area (Å²) in [6, 6.07) is 0. The number of ketones is 4. The van der Waals surface area contributed by atoms with Gasteiger partial charge in [0.1, 0.15) is 17.3 Å². The van der Waals surface area contributed by atoms with E-state index in [-0.39, 0.29) is 47.3 Å². The van der Waals surface area contributed by atoms with Gasteiger partial charge in [0.2, 0.25) is 0 Å². The van der Waals surface area contributed by atoms with Crippen LogP contribution in [0.25, 0.3) is 0 Å². The molecule has 0 radical (unpaired) electrons. The van der Waals surface area contributed by atoms with Crippen LogP contribution in [0.15, 0.2) is 23.3 Å². The molecule has 186 valence electrons. The van der Waals surface area contributed by atoms with E-state index in [1.165, 1.54) is 12.5 Å². The normalized spacial score (nSPS) is 22.6. The first-order valence-corrected chi connectivity index (χ1v) is 13.0. The summed E-state index contributed by atoms with van der Waals surface area (Å²) in [6.07, 6.45) is 11.4. The Balaban J connectivity index is 3.05. The average molecular weight is 459 g/mol. The van der Waals surface area contributed by atoms with Gasteiger partial charge in [-0.2, -0.15) is 0 Å². The lowest BCUT2D eigenvalue weighted by atomic mass is 9.75. The molecular formula is C29H46O4. The number of Topliss-reactive ketones (excluding diaryl/α,β-unsaturated/α-hetero) is 3. The van der Waals surface area contributed by atoms with Crippen molar-refractivity contribution in [3.63, 3.8) is 0 Å². The van der Waals surface area contributed by atoms with Gasteiger partial charge >= 0.3 is 0 Å². The van der Waals surface area contributed by atoms with E-state index in [4.69, 9.17) is 0 Å². The van der Waals surface area contributed by atoms with Gasteiger partial charge in [0, 0.05) is 25.2 Å². The largest absolute Gasteiger partial charge is 0.300 e. The van der Waals surface area contributed by atoms with Crippen LogP contribution >= 0.6 is 0 Å². The van der Waals surface area contributed by atoms with Crippen molar-refractivity contribution in [2.24, 2.45) is 23.7 Å². The first-order valence-electron chi connectivity index (χ1n) is 13.0. The molecule has 4 nitrogen and oxygen atoms in total. The summed E-state index contributed by atoms with van der Waals surface area (Å²) in [6.45, 7) is 11.7. The van der Waals surface area contributed by atoms with Crippen molar-refractivity contribution in [1.29, 1.82) is 0 Å². The summed E-state index contributed by atoms with van der Waals surface area (Å²) < 4.78 is 0. The number of allylic oxidation sites excluding steroid dienone is 4. The fraction of sp³-hybridized carbons (Fsp3) is 0.724. The van der Waals surface area contributed by atoms with E-state index in [9.17, 15) is 19.2 Å². The van der Waals surface area contributed by atoms with Gasteiger partial charge in [-0.1, -0.05) is 57.8 Å². The van der Waals surface area contributed by atoms with Crippen molar-refractivity contribution in [2.45, 2.75) is 112 Å². The molecule has 0 aromatic carbocycles. The van der Waals surface area contributed by atoms with E-state index in [1.54, 1.807) is 6.08 Å². The van der Waals surface area contributed by atoms with Gasteiger partial charge in [-0.3, -0.25) is 19.2 Å². The van der Waals surface area contributed by atoms with Crippen LogP contribution in [-0.4, -0.2) is 23.1 Å². The molecule has 0 aromatic rings. The van der Waals surface area contributed by atoms with Gasteiger partial charge in [-0.25, -0.2) is 0 Å². The molecule has 0 aromatic heterocycles. The molecule has 0 bridgehead atoms. The summed E-state index contributed by atoms with van der Waals surface area (Å²) in [5, 5.41) is 0. The lowest BCUT2D eigenvalue weighted by Crippen LogP contribution is -2.27. The van der Waals surface area contributed by atoms with Crippen LogP contribution in [0, 0.1) is 23.7 Å². The van der Waals surface area contributed by atoms with E-state index in [1.807, 2.05) is 13.8 Å². The second kappa shape index (κ2) is 15.1. The second-order valence-corrected chi connectivity index (χ2v) is 10.6. The molecule has 0 saturated carbocycles. The van der Waals surface area contributed by atoms with Crippen LogP contribution < -0.4 is 0 Å². The van der Waals surface area contributed by atoms with Gasteiger partial charge in [-0.15, -0.1) is 0 Å². The fourth-order valence-corrected chi connectivity index (χ4v) is 5.20. The van der Waals surface area contributed by atoms with Crippen LogP contribution in [0.4, 0.5) is 0 Å². The molecule has 0 aliphatic heterocycles. The molecule has 0 N–H and O–H groups in total. The molecular weight excluding hydrogens is 412 g/mol. The minimum Gasteiger partial charge on any atom is -0.300 e. The Morgan fingerprint density at radius 3 is 2.42 bits per heavy atom. The maximum atomic E-state index is 12.8. The maximum absolute atomic E-state index is 12.8. The Labute approximate surface area is 201 Å². The fourth-order valence-electron chi connectivity index (χ4n) is 5.20. The zero-order valence-corrected chi connectivity index (χ0v) is 21.9. The molecule has 3 atom stereocenters. The molecule has 0 spiro atoms. The highest BCUT2D eigenvalue weighted by Gasteiger charge is 2.29. The van der Waals surface area contributed by atoms with Crippen LogP contribution in [0.2, 0.25) is 0 Å². The molecule has 3 unspecified atom stereocenters. The number of rotatable bonds is 13. The molecule has 0 saturated heterocycles. The molecule has 1 aliphatic carbocycles. The summed E-state index contributed by atoms with van der Waals surface area (Å²) in [5.74, 6) is 1.01. The molecule has 33 heavy (non-hydrogen) atoms. The Morgan fingerprint density at radius 2 is 1.85 bits per heavy atom. The Morgan fingerprint density at radius 1 is 1.15 bits per heavy atom. The smallest absolute Gasteiger partial charge is 0.155 e. The van der Waals surface area contributed by atoms with E-state index in [0.29, 0.717) is 25.2 Å². The van der Waals surface area contributed by atoms with Crippen molar-refractivity contribution < 1.29 is 19.2 Å². The highest BCUT2D eigenvalue weighted by molar-refractivity contribution is 5.99. The second-order valence-electron chi connectivity index (χ2n) is 10.6. The van der Waals surface area contributed by atoms with Crippen molar-refractivity contribution in [3.8, 4) is 0 Å². The quantitative estimate of drug-likeness (QED) is 0.220. The number of hydrogen-bond acceptors (Lipinski definition) is 4. The summed E-state index contributed by atoms with van der Waals surface area (Å²) in [5.41, 5.74) is 2.21. The van der Waals surface area contributed by atoms with E-state index in [0.717, 1.165) is 50.5 Å². The molecule has 0 amide bonds. The first kappa shape index (κ1) is 29.2. The molecule has 1 aliphatic rings. The minimum atomic E-state index is -0.126. The molecule has 1 rings (SSSR count). The predicted molar refractivity (Wildman–Crippen MR) is 135 cm³/mol. The van der Waals surface area contributed by atoms with Gasteiger partial charge in [0.05, 0.1) is 6.42 Å². The summed E-state index contributed by atoms with van der Waals surface area (Å²) >= 11 is 0. The van der Waals surface area contributed by atoms with Crippen molar-refractivity contribution in [2.75, 3.05) is 0 Å². The van der Waals surface area contributed by atoms with Gasteiger partial charge in [0.15, 0.2) is 5.78 Å². The van der Waals surface area contributed by atoms with Crippen LogP contribution in [0.5, 0.6) is 0 Å². The monoisotopic (exact) mass is 458 g/mol.